The van der Waals surface area contributed by atoms with Gasteiger partial charge in [0.05, 0.1) is 24.1 Å². The van der Waals surface area contributed by atoms with E-state index < -0.39 is 21.9 Å². The van der Waals surface area contributed by atoms with E-state index in [0.717, 1.165) is 11.1 Å². The van der Waals surface area contributed by atoms with Gasteiger partial charge in [0, 0.05) is 17.8 Å². The van der Waals surface area contributed by atoms with Crippen LogP contribution in [0.2, 0.25) is 0 Å². The van der Waals surface area contributed by atoms with Gasteiger partial charge in [0.15, 0.2) is 11.5 Å². The van der Waals surface area contributed by atoms with Crippen molar-refractivity contribution in [3.8, 4) is 11.5 Å². The van der Waals surface area contributed by atoms with Crippen molar-refractivity contribution in [3.63, 3.8) is 0 Å². The van der Waals surface area contributed by atoms with Crippen LogP contribution in [-0.2, 0) is 16.1 Å². The molecule has 0 radical (unpaired) electrons. The molecule has 0 spiro atoms. The summed E-state index contributed by atoms with van der Waals surface area (Å²) >= 11 is 11.3. The first-order valence-corrected chi connectivity index (χ1v) is 12.2. The fraction of sp³-hybridized carbons (Fsp3) is 0.231. The van der Waals surface area contributed by atoms with Gasteiger partial charge < -0.3 is 19.9 Å². The SMILES string of the molecule is CCOc1cccc(/C=C2/CCn3c2nc2cc(NC(=O)/C(Cl)=C(/Cl)C(=O)O)ccc2c3=O)c1OCC. The lowest BCUT2D eigenvalue weighted by Crippen LogP contribution is -2.21. The molecule has 9 nitrogen and oxygen atoms in total. The number of anilines is 1. The number of hydrogen-bond acceptors (Lipinski definition) is 6. The maximum Gasteiger partial charge on any atom is 0.349 e. The molecule has 0 atom stereocenters. The highest BCUT2D eigenvalue weighted by Gasteiger charge is 2.23. The van der Waals surface area contributed by atoms with Gasteiger partial charge in [-0.1, -0.05) is 35.3 Å². The number of benzene rings is 2. The predicted octanol–water partition coefficient (Wildman–Crippen LogP) is 4.85. The third-order valence-electron chi connectivity index (χ3n) is 5.61. The second-order valence-corrected chi connectivity index (χ2v) is 8.73. The third kappa shape index (κ3) is 5.33. The summed E-state index contributed by atoms with van der Waals surface area (Å²) < 4.78 is 13.2. The zero-order valence-electron chi connectivity index (χ0n) is 20.0. The van der Waals surface area contributed by atoms with Gasteiger partial charge in [-0.3, -0.25) is 14.2 Å². The molecule has 1 aromatic heterocycles. The lowest BCUT2D eigenvalue weighted by molar-refractivity contribution is -0.132. The molecule has 3 aromatic rings. The van der Waals surface area contributed by atoms with Crippen molar-refractivity contribution in [1.82, 2.24) is 9.55 Å². The Morgan fingerprint density at radius 3 is 2.59 bits per heavy atom. The van der Waals surface area contributed by atoms with E-state index in [4.69, 9.17) is 42.8 Å². The Hall–Kier alpha value is -3.82. The molecule has 0 bridgehead atoms. The molecule has 1 amide bonds. The Kier molecular flexibility index (Phi) is 7.85. The Labute approximate surface area is 221 Å². The van der Waals surface area contributed by atoms with Crippen LogP contribution in [0.5, 0.6) is 11.5 Å². The number of nitrogens with one attached hydrogen (secondary N) is 1. The Morgan fingerprint density at radius 2 is 1.89 bits per heavy atom. The fourth-order valence-corrected chi connectivity index (χ4v) is 4.23. The maximum absolute atomic E-state index is 13.2. The largest absolute Gasteiger partial charge is 0.490 e. The molecule has 0 fully saturated rings. The maximum atomic E-state index is 13.2. The third-order valence-corrected chi connectivity index (χ3v) is 6.42. The lowest BCUT2D eigenvalue weighted by atomic mass is 10.1. The quantitative estimate of drug-likeness (QED) is 0.389. The average molecular weight is 544 g/mol. The molecule has 2 heterocycles. The van der Waals surface area contributed by atoms with Crippen molar-refractivity contribution in [2.75, 3.05) is 18.5 Å². The van der Waals surface area contributed by atoms with Crippen molar-refractivity contribution < 1.29 is 24.2 Å². The normalized spacial score (nSPS) is 14.3. The number of hydrogen-bond donors (Lipinski definition) is 2. The number of carboxylic acids is 1. The van der Waals surface area contributed by atoms with Crippen molar-refractivity contribution >= 4 is 63.3 Å². The summed E-state index contributed by atoms with van der Waals surface area (Å²) in [4.78, 5) is 41.2. The number of carbonyl (C=O) groups excluding carboxylic acids is 1. The van der Waals surface area contributed by atoms with Crippen LogP contribution in [0.25, 0.3) is 22.6 Å². The number of carboxylic acid groups (broad SMARTS) is 1. The number of fused-ring (bicyclic) bond motifs is 2. The van der Waals surface area contributed by atoms with Gasteiger partial charge in [0.2, 0.25) is 0 Å². The van der Waals surface area contributed by atoms with Crippen molar-refractivity contribution in [2.45, 2.75) is 26.8 Å². The van der Waals surface area contributed by atoms with Crippen LogP contribution in [0.4, 0.5) is 5.69 Å². The molecule has 11 heteroatoms. The highest BCUT2D eigenvalue weighted by Crippen LogP contribution is 2.36. The standard InChI is InChI=1S/C26H23Cl2N3O6/c1-3-36-19-7-5-6-14(22(19)37-4-2)12-15-10-11-31-23(15)30-18-13-16(8-9-17(18)25(31)33)29-24(32)20(27)21(28)26(34)35/h5-9,12-13H,3-4,10-11H2,1-2H3,(H,29,32)(H,34,35)/b15-12-,21-20-. The second-order valence-electron chi connectivity index (χ2n) is 7.97. The minimum Gasteiger partial charge on any atom is -0.490 e. The van der Waals surface area contributed by atoms with Crippen LogP contribution in [0.15, 0.2) is 51.3 Å². The zero-order chi connectivity index (χ0) is 26.7. The Bertz CT molecular complexity index is 1530. The van der Waals surface area contributed by atoms with Gasteiger partial charge in [0.1, 0.15) is 15.9 Å². The van der Waals surface area contributed by atoms with Gasteiger partial charge in [-0.05, 0) is 56.2 Å². The van der Waals surface area contributed by atoms with Crippen LogP contribution < -0.4 is 20.3 Å². The lowest BCUT2D eigenvalue weighted by Gasteiger charge is -2.14. The zero-order valence-corrected chi connectivity index (χ0v) is 21.5. The van der Waals surface area contributed by atoms with Crippen LogP contribution in [0.1, 0.15) is 31.7 Å². The summed E-state index contributed by atoms with van der Waals surface area (Å²) in [5, 5.41) is 10.3. The number of aromatic nitrogens is 2. The summed E-state index contributed by atoms with van der Waals surface area (Å²) in [7, 11) is 0. The molecule has 0 unspecified atom stereocenters. The van der Waals surface area contributed by atoms with Gasteiger partial charge in [-0.2, -0.15) is 0 Å². The number of halogens is 2. The molecule has 4 rings (SSSR count). The van der Waals surface area contributed by atoms with Crippen molar-refractivity contribution in [3.05, 3.63) is 68.2 Å². The highest BCUT2D eigenvalue weighted by molar-refractivity contribution is 6.54. The number of carbonyl (C=O) groups is 2. The smallest absolute Gasteiger partial charge is 0.349 e. The average Bonchev–Trinajstić information content (AvgIpc) is 3.27. The molecule has 192 valence electrons. The van der Waals surface area contributed by atoms with E-state index in [9.17, 15) is 14.4 Å². The summed E-state index contributed by atoms with van der Waals surface area (Å²) in [5.74, 6) is -0.654. The van der Waals surface area contributed by atoms with Gasteiger partial charge in [-0.15, -0.1) is 0 Å². The Morgan fingerprint density at radius 1 is 1.14 bits per heavy atom. The van der Waals surface area contributed by atoms with Gasteiger partial charge in [0.25, 0.3) is 11.5 Å². The van der Waals surface area contributed by atoms with E-state index in [2.05, 4.69) is 5.32 Å². The summed E-state index contributed by atoms with van der Waals surface area (Å²) in [6.45, 7) is 5.23. The monoisotopic (exact) mass is 543 g/mol. The molecular weight excluding hydrogens is 521 g/mol. The Balaban J connectivity index is 1.75. The molecule has 0 aliphatic carbocycles. The molecule has 1 aliphatic rings. The number of para-hydroxylation sites is 1. The van der Waals surface area contributed by atoms with E-state index >= 15 is 0 Å². The van der Waals surface area contributed by atoms with Crippen molar-refractivity contribution in [1.29, 1.82) is 0 Å². The van der Waals surface area contributed by atoms with Crippen LogP contribution in [0.3, 0.4) is 0 Å². The minimum atomic E-state index is -1.52. The van der Waals surface area contributed by atoms with E-state index in [-0.39, 0.29) is 11.2 Å². The number of amides is 1. The topological polar surface area (TPSA) is 120 Å². The number of rotatable bonds is 8. The number of nitrogens with zero attached hydrogens (tertiary/aromatic N) is 2. The minimum absolute atomic E-state index is 0.207. The first-order valence-electron chi connectivity index (χ1n) is 11.5. The van der Waals surface area contributed by atoms with E-state index in [1.165, 1.54) is 12.1 Å². The summed E-state index contributed by atoms with van der Waals surface area (Å²) in [6, 6.07) is 10.2. The highest BCUT2D eigenvalue weighted by atomic mass is 35.5. The summed E-state index contributed by atoms with van der Waals surface area (Å²) in [6.07, 6.45) is 2.54. The van der Waals surface area contributed by atoms with E-state index in [1.54, 1.807) is 10.6 Å². The molecule has 37 heavy (non-hydrogen) atoms. The van der Waals surface area contributed by atoms with Crippen LogP contribution >= 0.6 is 23.2 Å². The first kappa shape index (κ1) is 26.2. The second kappa shape index (κ2) is 11.1. The van der Waals surface area contributed by atoms with Crippen molar-refractivity contribution in [2.24, 2.45) is 0 Å². The fourth-order valence-electron chi connectivity index (χ4n) is 4.01. The van der Waals surface area contributed by atoms with Gasteiger partial charge >= 0.3 is 5.97 Å². The number of allylic oxidation sites excluding steroid dienone is 1. The number of ether oxygens (including phenoxy) is 2. The predicted molar refractivity (Wildman–Crippen MR) is 142 cm³/mol. The summed E-state index contributed by atoms with van der Waals surface area (Å²) in [5.41, 5.74) is 2.08. The molecule has 2 aromatic carbocycles. The molecular formula is C26H23Cl2N3O6. The van der Waals surface area contributed by atoms with Crippen LogP contribution in [0, 0.1) is 0 Å². The van der Waals surface area contributed by atoms with Gasteiger partial charge in [-0.25, -0.2) is 9.78 Å². The molecule has 2 N–H and O–H groups in total. The first-order chi connectivity index (χ1) is 17.7. The van der Waals surface area contributed by atoms with Crippen LogP contribution in [-0.4, -0.2) is 39.7 Å². The number of aliphatic carboxylic acids is 1. The molecule has 0 saturated heterocycles. The molecule has 0 saturated carbocycles. The van der Waals surface area contributed by atoms with E-state index in [1.807, 2.05) is 38.1 Å². The molecule has 1 aliphatic heterocycles. The van der Waals surface area contributed by atoms with E-state index in [0.29, 0.717) is 54.4 Å².